The lowest BCUT2D eigenvalue weighted by molar-refractivity contribution is -0.120. The summed E-state index contributed by atoms with van der Waals surface area (Å²) in [7, 11) is 0. The van der Waals surface area contributed by atoms with Gasteiger partial charge in [0, 0.05) is 25.7 Å². The summed E-state index contributed by atoms with van der Waals surface area (Å²) in [5.41, 5.74) is 0.304. The third-order valence-electron chi connectivity index (χ3n) is 1.98. The molecule has 0 saturated heterocycles. The molecule has 6 heteroatoms. The molecule has 1 rings (SSSR count). The van der Waals surface area contributed by atoms with Gasteiger partial charge in [-0.25, -0.2) is 9.97 Å². The van der Waals surface area contributed by atoms with Crippen molar-refractivity contribution in [1.29, 1.82) is 5.26 Å². The zero-order valence-electron chi connectivity index (χ0n) is 9.73. The van der Waals surface area contributed by atoms with Crippen molar-refractivity contribution in [3.05, 3.63) is 18.0 Å². The molecular formula is C11H15N5O. The number of aromatic nitrogens is 2. The van der Waals surface area contributed by atoms with Crippen LogP contribution in [-0.2, 0) is 4.79 Å². The number of hydrogen-bond donors (Lipinski definition) is 2. The molecule has 0 aromatic carbocycles. The van der Waals surface area contributed by atoms with Crippen molar-refractivity contribution >= 4 is 11.9 Å². The predicted octanol–water partition coefficient (Wildman–Crippen LogP) is 0.676. The number of carbonyl (C=O) groups excluding carboxylic acids is 1. The zero-order valence-corrected chi connectivity index (χ0v) is 9.73. The fourth-order valence-electron chi connectivity index (χ4n) is 1.15. The number of nitriles is 1. The molecule has 0 fully saturated rings. The van der Waals surface area contributed by atoms with Crippen LogP contribution in [0.25, 0.3) is 0 Å². The van der Waals surface area contributed by atoms with Gasteiger partial charge < -0.3 is 10.6 Å². The van der Waals surface area contributed by atoms with Crippen LogP contribution in [0.4, 0.5) is 5.95 Å². The molecule has 0 aliphatic carbocycles. The molecule has 2 N–H and O–H groups in total. The number of nitrogens with zero attached hydrogens (tertiary/aromatic N) is 3. The van der Waals surface area contributed by atoms with Gasteiger partial charge in [0.25, 0.3) is 0 Å². The maximum absolute atomic E-state index is 11.3. The minimum absolute atomic E-state index is 0.00390. The first-order valence-electron chi connectivity index (χ1n) is 5.50. The van der Waals surface area contributed by atoms with Gasteiger partial charge in [0.2, 0.25) is 11.9 Å². The van der Waals surface area contributed by atoms with E-state index in [4.69, 9.17) is 5.26 Å². The van der Waals surface area contributed by atoms with Crippen LogP contribution in [0.15, 0.2) is 12.3 Å². The van der Waals surface area contributed by atoms with Crippen LogP contribution in [0.3, 0.4) is 0 Å². The van der Waals surface area contributed by atoms with E-state index in [1.165, 1.54) is 12.3 Å². The molecule has 0 bridgehead atoms. The number of anilines is 1. The van der Waals surface area contributed by atoms with Gasteiger partial charge in [0.1, 0.15) is 11.8 Å². The van der Waals surface area contributed by atoms with Crippen LogP contribution in [0, 0.1) is 11.3 Å². The average molecular weight is 233 g/mol. The average Bonchev–Trinajstić information content (AvgIpc) is 2.36. The Kier molecular flexibility index (Phi) is 5.44. The lowest BCUT2D eigenvalue weighted by Gasteiger charge is -2.05. The lowest BCUT2D eigenvalue weighted by atomic mass is 10.4. The predicted molar refractivity (Wildman–Crippen MR) is 63.2 cm³/mol. The van der Waals surface area contributed by atoms with Gasteiger partial charge in [-0.05, 0) is 12.5 Å². The van der Waals surface area contributed by atoms with E-state index in [1.54, 1.807) is 0 Å². The third-order valence-corrected chi connectivity index (χ3v) is 1.98. The number of amides is 1. The largest absolute Gasteiger partial charge is 0.356 e. The van der Waals surface area contributed by atoms with Gasteiger partial charge in [-0.15, -0.1) is 0 Å². The Morgan fingerprint density at radius 1 is 1.53 bits per heavy atom. The van der Waals surface area contributed by atoms with Crippen LogP contribution in [-0.4, -0.2) is 29.0 Å². The van der Waals surface area contributed by atoms with Gasteiger partial charge in [-0.3, -0.25) is 4.79 Å². The molecule has 1 heterocycles. The molecule has 1 aromatic heterocycles. The molecule has 0 radical (unpaired) electrons. The molecule has 17 heavy (non-hydrogen) atoms. The summed E-state index contributed by atoms with van der Waals surface area (Å²) in [4.78, 5) is 19.1. The Morgan fingerprint density at radius 3 is 3.06 bits per heavy atom. The van der Waals surface area contributed by atoms with E-state index < -0.39 is 0 Å². The zero-order chi connectivity index (χ0) is 12.5. The van der Waals surface area contributed by atoms with Gasteiger partial charge in [0.15, 0.2) is 0 Å². The van der Waals surface area contributed by atoms with Gasteiger partial charge >= 0.3 is 0 Å². The monoisotopic (exact) mass is 233 g/mol. The highest BCUT2D eigenvalue weighted by atomic mass is 16.1. The second kappa shape index (κ2) is 7.17. The Morgan fingerprint density at radius 2 is 2.35 bits per heavy atom. The van der Waals surface area contributed by atoms with Gasteiger partial charge in [-0.1, -0.05) is 6.92 Å². The molecule has 0 aliphatic rings. The number of carbonyl (C=O) groups is 1. The number of rotatable bonds is 6. The van der Waals surface area contributed by atoms with Gasteiger partial charge in [0.05, 0.1) is 0 Å². The minimum atomic E-state index is -0.00390. The maximum atomic E-state index is 11.3. The summed E-state index contributed by atoms with van der Waals surface area (Å²) in [6.45, 7) is 3.14. The lowest BCUT2D eigenvalue weighted by Crippen LogP contribution is -2.26. The second-order valence-corrected chi connectivity index (χ2v) is 3.40. The molecule has 0 atom stereocenters. The van der Waals surface area contributed by atoms with E-state index in [1.807, 2.05) is 13.0 Å². The summed E-state index contributed by atoms with van der Waals surface area (Å²) in [5.74, 6) is 0.364. The maximum Gasteiger partial charge on any atom is 0.223 e. The summed E-state index contributed by atoms with van der Waals surface area (Å²) < 4.78 is 0. The van der Waals surface area contributed by atoms with Crippen LogP contribution >= 0.6 is 0 Å². The van der Waals surface area contributed by atoms with Crippen molar-refractivity contribution in [3.63, 3.8) is 0 Å². The molecule has 1 amide bonds. The Balaban J connectivity index is 2.31. The van der Waals surface area contributed by atoms with Crippen molar-refractivity contribution < 1.29 is 4.79 Å². The van der Waals surface area contributed by atoms with E-state index in [9.17, 15) is 4.79 Å². The summed E-state index contributed by atoms with van der Waals surface area (Å²) in [6, 6.07) is 3.45. The molecule has 6 nitrogen and oxygen atoms in total. The summed E-state index contributed by atoms with van der Waals surface area (Å²) >= 11 is 0. The molecule has 90 valence electrons. The van der Waals surface area contributed by atoms with E-state index in [-0.39, 0.29) is 5.91 Å². The second-order valence-electron chi connectivity index (χ2n) is 3.40. The van der Waals surface area contributed by atoms with Crippen LogP contribution in [0.2, 0.25) is 0 Å². The first-order chi connectivity index (χ1) is 8.26. The Bertz CT molecular complexity index is 413. The SMILES string of the molecule is CCCNC(=O)CCNc1nccc(C#N)n1. The topological polar surface area (TPSA) is 90.7 Å². The quantitative estimate of drug-likeness (QED) is 0.753. The van der Waals surface area contributed by atoms with Crippen molar-refractivity contribution in [3.8, 4) is 6.07 Å². The molecule has 1 aromatic rings. The summed E-state index contributed by atoms with van der Waals surface area (Å²) in [5, 5.41) is 14.3. The first-order valence-corrected chi connectivity index (χ1v) is 5.50. The smallest absolute Gasteiger partial charge is 0.223 e. The highest BCUT2D eigenvalue weighted by molar-refractivity contribution is 5.76. The summed E-state index contributed by atoms with van der Waals surface area (Å²) in [6.07, 6.45) is 2.79. The van der Waals surface area contributed by atoms with E-state index in [2.05, 4.69) is 20.6 Å². The Labute approximate surface area is 100 Å². The van der Waals surface area contributed by atoms with Crippen molar-refractivity contribution in [2.24, 2.45) is 0 Å². The fraction of sp³-hybridized carbons (Fsp3) is 0.455. The van der Waals surface area contributed by atoms with Crippen LogP contribution < -0.4 is 10.6 Å². The van der Waals surface area contributed by atoms with Gasteiger partial charge in [-0.2, -0.15) is 5.26 Å². The highest BCUT2D eigenvalue weighted by Gasteiger charge is 2.01. The van der Waals surface area contributed by atoms with Crippen molar-refractivity contribution in [1.82, 2.24) is 15.3 Å². The normalized spacial score (nSPS) is 9.41. The molecule has 0 saturated carbocycles. The van der Waals surface area contributed by atoms with E-state index in [0.29, 0.717) is 31.2 Å². The van der Waals surface area contributed by atoms with E-state index >= 15 is 0 Å². The first kappa shape index (κ1) is 12.9. The fourth-order valence-corrected chi connectivity index (χ4v) is 1.15. The van der Waals surface area contributed by atoms with Crippen molar-refractivity contribution in [2.45, 2.75) is 19.8 Å². The van der Waals surface area contributed by atoms with Crippen LogP contribution in [0.1, 0.15) is 25.5 Å². The molecule has 0 spiro atoms. The Hall–Kier alpha value is -2.16. The molecule has 0 unspecified atom stereocenters. The molecule has 0 aliphatic heterocycles. The minimum Gasteiger partial charge on any atom is -0.356 e. The number of nitrogens with one attached hydrogen (secondary N) is 2. The standard InChI is InChI=1S/C11H15N5O/c1-2-5-13-10(17)4-7-15-11-14-6-3-9(8-12)16-11/h3,6H,2,4-5,7H2,1H3,(H,13,17)(H,14,15,16). The van der Waals surface area contributed by atoms with Crippen LogP contribution in [0.5, 0.6) is 0 Å². The van der Waals surface area contributed by atoms with Crippen molar-refractivity contribution in [2.75, 3.05) is 18.4 Å². The third kappa shape index (κ3) is 4.93. The highest BCUT2D eigenvalue weighted by Crippen LogP contribution is 1.98. The van der Waals surface area contributed by atoms with E-state index in [0.717, 1.165) is 6.42 Å². The molecular weight excluding hydrogens is 218 g/mol. The number of hydrogen-bond acceptors (Lipinski definition) is 5.